The number of nitrogens with zero attached hydrogens (tertiary/aromatic N) is 1. The van der Waals surface area contributed by atoms with Crippen LogP contribution >= 0.6 is 0 Å². The first-order valence-corrected chi connectivity index (χ1v) is 8.02. The van der Waals surface area contributed by atoms with Crippen LogP contribution in [-0.2, 0) is 4.74 Å². The van der Waals surface area contributed by atoms with Gasteiger partial charge in [0.15, 0.2) is 0 Å². The molecule has 2 fully saturated rings. The molecule has 0 radical (unpaired) electrons. The zero-order chi connectivity index (χ0) is 14.3. The zero-order valence-corrected chi connectivity index (χ0v) is 13.4. The van der Waals surface area contributed by atoms with Gasteiger partial charge in [0, 0.05) is 36.2 Å². The van der Waals surface area contributed by atoms with Crippen LogP contribution in [0.15, 0.2) is 0 Å². The third kappa shape index (κ3) is 2.45. The van der Waals surface area contributed by atoms with Gasteiger partial charge < -0.3 is 10.5 Å². The molecule has 1 aliphatic heterocycles. The van der Waals surface area contributed by atoms with E-state index >= 15 is 0 Å². The Morgan fingerprint density at radius 3 is 2.47 bits per heavy atom. The molecule has 3 nitrogen and oxygen atoms in total. The summed E-state index contributed by atoms with van der Waals surface area (Å²) in [5.41, 5.74) is 6.74. The predicted molar refractivity (Wildman–Crippen MR) is 80.2 cm³/mol. The Hall–Kier alpha value is -0.120. The molecule has 2 aliphatic rings. The van der Waals surface area contributed by atoms with Crippen molar-refractivity contribution in [2.24, 2.45) is 11.1 Å². The molecule has 1 heterocycles. The molecule has 4 atom stereocenters. The number of hydrogen-bond acceptors (Lipinski definition) is 3. The van der Waals surface area contributed by atoms with Gasteiger partial charge in [-0.3, -0.25) is 4.90 Å². The maximum atomic E-state index is 6.74. The topological polar surface area (TPSA) is 38.5 Å². The number of hydrogen-bond donors (Lipinski definition) is 1. The molecule has 112 valence electrons. The van der Waals surface area contributed by atoms with Gasteiger partial charge >= 0.3 is 0 Å². The minimum atomic E-state index is -0.0845. The summed E-state index contributed by atoms with van der Waals surface area (Å²) in [6.07, 6.45) is 5.25. The zero-order valence-electron chi connectivity index (χ0n) is 13.4. The minimum Gasteiger partial charge on any atom is -0.378 e. The molecule has 0 amide bonds. The van der Waals surface area contributed by atoms with E-state index in [0.717, 1.165) is 25.6 Å². The van der Waals surface area contributed by atoms with Gasteiger partial charge in [-0.1, -0.05) is 20.8 Å². The van der Waals surface area contributed by atoms with Crippen molar-refractivity contribution >= 4 is 0 Å². The van der Waals surface area contributed by atoms with E-state index in [2.05, 4.69) is 39.5 Å². The van der Waals surface area contributed by atoms with E-state index in [1.165, 1.54) is 19.3 Å². The summed E-state index contributed by atoms with van der Waals surface area (Å²) >= 11 is 0. The largest absolute Gasteiger partial charge is 0.378 e. The van der Waals surface area contributed by atoms with Gasteiger partial charge in [-0.2, -0.15) is 0 Å². The highest BCUT2D eigenvalue weighted by Gasteiger charge is 2.59. The van der Waals surface area contributed by atoms with Crippen LogP contribution in [0, 0.1) is 5.41 Å². The molecule has 0 aromatic carbocycles. The average Bonchev–Trinajstić information content (AvgIpc) is 2.70. The van der Waals surface area contributed by atoms with Crippen LogP contribution < -0.4 is 5.73 Å². The first kappa shape index (κ1) is 15.3. The molecule has 0 aromatic rings. The maximum Gasteiger partial charge on any atom is 0.0662 e. The average molecular weight is 268 g/mol. The van der Waals surface area contributed by atoms with Crippen molar-refractivity contribution in [2.45, 2.75) is 84.0 Å². The molecular formula is C16H32N2O. The van der Waals surface area contributed by atoms with Crippen LogP contribution in [0.2, 0.25) is 0 Å². The lowest BCUT2D eigenvalue weighted by molar-refractivity contribution is -0.158. The molecule has 1 saturated carbocycles. The van der Waals surface area contributed by atoms with Gasteiger partial charge in [0.25, 0.3) is 0 Å². The summed E-state index contributed by atoms with van der Waals surface area (Å²) in [5.74, 6) is 0. The lowest BCUT2D eigenvalue weighted by Gasteiger charge is -2.61. The van der Waals surface area contributed by atoms with Gasteiger partial charge in [-0.05, 0) is 39.5 Å². The normalized spacial score (nSPS) is 42.3. The van der Waals surface area contributed by atoms with Crippen molar-refractivity contribution in [3.63, 3.8) is 0 Å². The SMILES string of the molecule is CCOC1CC(N)(CN2C(C)CCC2CC)C1(C)C. The van der Waals surface area contributed by atoms with Crippen LogP contribution in [-0.4, -0.2) is 41.8 Å². The Balaban J connectivity index is 2.02. The van der Waals surface area contributed by atoms with Crippen molar-refractivity contribution < 1.29 is 4.74 Å². The van der Waals surface area contributed by atoms with Crippen molar-refractivity contribution in [1.82, 2.24) is 4.90 Å². The van der Waals surface area contributed by atoms with E-state index in [1.807, 2.05) is 0 Å². The molecule has 0 bridgehead atoms. The van der Waals surface area contributed by atoms with E-state index in [4.69, 9.17) is 10.5 Å². The second-order valence-corrected chi connectivity index (χ2v) is 7.19. The van der Waals surface area contributed by atoms with Gasteiger partial charge in [-0.25, -0.2) is 0 Å². The predicted octanol–water partition coefficient (Wildman–Crippen LogP) is 2.78. The van der Waals surface area contributed by atoms with Crippen LogP contribution in [0.5, 0.6) is 0 Å². The van der Waals surface area contributed by atoms with Crippen molar-refractivity contribution in [3.8, 4) is 0 Å². The lowest BCUT2D eigenvalue weighted by Crippen LogP contribution is -2.74. The number of rotatable bonds is 5. The van der Waals surface area contributed by atoms with Crippen molar-refractivity contribution in [3.05, 3.63) is 0 Å². The second-order valence-electron chi connectivity index (χ2n) is 7.19. The maximum absolute atomic E-state index is 6.74. The van der Waals surface area contributed by atoms with Gasteiger partial charge in [0.1, 0.15) is 0 Å². The van der Waals surface area contributed by atoms with Crippen LogP contribution in [0.4, 0.5) is 0 Å². The second kappa shape index (κ2) is 5.34. The highest BCUT2D eigenvalue weighted by molar-refractivity contribution is 5.15. The standard InChI is InChI=1S/C16H32N2O/c1-6-13-9-8-12(3)18(13)11-16(17)10-14(19-7-2)15(16,4)5/h12-14H,6-11,17H2,1-5H3. The van der Waals surface area contributed by atoms with Crippen molar-refractivity contribution in [2.75, 3.05) is 13.2 Å². The van der Waals surface area contributed by atoms with E-state index in [-0.39, 0.29) is 11.0 Å². The first-order valence-electron chi connectivity index (χ1n) is 8.02. The number of ether oxygens (including phenoxy) is 1. The first-order chi connectivity index (χ1) is 8.85. The van der Waals surface area contributed by atoms with Gasteiger partial charge in [-0.15, -0.1) is 0 Å². The van der Waals surface area contributed by atoms with Crippen LogP contribution in [0.3, 0.4) is 0 Å². The fraction of sp³-hybridized carbons (Fsp3) is 1.00. The van der Waals surface area contributed by atoms with Crippen LogP contribution in [0.25, 0.3) is 0 Å². The van der Waals surface area contributed by atoms with Gasteiger partial charge in [0.05, 0.1) is 6.10 Å². The highest BCUT2D eigenvalue weighted by Crippen LogP contribution is 2.50. The highest BCUT2D eigenvalue weighted by atomic mass is 16.5. The number of nitrogens with two attached hydrogens (primary N) is 1. The quantitative estimate of drug-likeness (QED) is 0.833. The molecule has 4 unspecified atom stereocenters. The Bertz CT molecular complexity index is 318. The van der Waals surface area contributed by atoms with Gasteiger partial charge in [0.2, 0.25) is 0 Å². The molecule has 2 N–H and O–H groups in total. The summed E-state index contributed by atoms with van der Waals surface area (Å²) in [5, 5.41) is 0. The third-order valence-corrected chi connectivity index (χ3v) is 5.89. The van der Waals surface area contributed by atoms with E-state index < -0.39 is 0 Å². The van der Waals surface area contributed by atoms with Crippen molar-refractivity contribution in [1.29, 1.82) is 0 Å². The summed E-state index contributed by atoms with van der Waals surface area (Å²) in [4.78, 5) is 2.66. The molecule has 0 spiro atoms. The molecule has 3 heteroatoms. The molecular weight excluding hydrogens is 236 g/mol. The van der Waals surface area contributed by atoms with Crippen LogP contribution in [0.1, 0.15) is 60.3 Å². The summed E-state index contributed by atoms with van der Waals surface area (Å²) in [6, 6.07) is 1.42. The third-order valence-electron chi connectivity index (χ3n) is 5.89. The molecule has 1 aliphatic carbocycles. The minimum absolute atomic E-state index is 0.0845. The fourth-order valence-corrected chi connectivity index (χ4v) is 3.95. The monoisotopic (exact) mass is 268 g/mol. The molecule has 19 heavy (non-hydrogen) atoms. The van der Waals surface area contributed by atoms with E-state index in [1.54, 1.807) is 0 Å². The molecule has 0 aromatic heterocycles. The van der Waals surface area contributed by atoms with E-state index in [9.17, 15) is 0 Å². The fourth-order valence-electron chi connectivity index (χ4n) is 3.95. The molecule has 2 rings (SSSR count). The summed E-state index contributed by atoms with van der Waals surface area (Å²) in [6.45, 7) is 13.1. The molecule has 1 saturated heterocycles. The van der Waals surface area contributed by atoms with E-state index in [0.29, 0.717) is 12.1 Å². The number of likely N-dealkylation sites (tertiary alicyclic amines) is 1. The summed E-state index contributed by atoms with van der Waals surface area (Å²) < 4.78 is 5.83. The Kier molecular flexibility index (Phi) is 4.29. The Labute approximate surface area is 118 Å². The summed E-state index contributed by atoms with van der Waals surface area (Å²) in [7, 11) is 0. The Morgan fingerprint density at radius 1 is 1.26 bits per heavy atom. The smallest absolute Gasteiger partial charge is 0.0662 e. The Morgan fingerprint density at radius 2 is 1.95 bits per heavy atom. The lowest BCUT2D eigenvalue weighted by atomic mass is 9.54.